The first-order chi connectivity index (χ1) is 13.9. The molecule has 0 radical (unpaired) electrons. The van der Waals surface area contributed by atoms with E-state index in [1.54, 1.807) is 18.2 Å². The third kappa shape index (κ3) is 6.69. The molecule has 0 saturated carbocycles. The first-order valence-electron chi connectivity index (χ1n) is 9.36. The number of amides is 1. The smallest absolute Gasteiger partial charge is 0.312 e. The van der Waals surface area contributed by atoms with Crippen molar-refractivity contribution in [2.75, 3.05) is 6.61 Å². The summed E-state index contributed by atoms with van der Waals surface area (Å²) in [4.78, 5) is 23.1. The third-order valence-corrected chi connectivity index (χ3v) is 4.84. The van der Waals surface area contributed by atoms with Crippen LogP contribution < -0.4 is 10.2 Å². The predicted octanol–water partition coefficient (Wildman–Crippen LogP) is 5.19. The molecule has 0 bridgehead atoms. The molecule has 162 valence electrons. The number of nitrogens with one attached hydrogen (secondary N) is 1. The Hall–Kier alpha value is -2.68. The topological polar surface area (TPSA) is 107 Å². The van der Waals surface area contributed by atoms with Gasteiger partial charge in [-0.25, -0.2) is 5.43 Å². The van der Waals surface area contributed by atoms with Crippen LogP contribution in [0, 0.1) is 15.5 Å². The molecule has 2 rings (SSSR count). The molecule has 1 amide bonds. The number of hydrazone groups is 1. The van der Waals surface area contributed by atoms with Gasteiger partial charge >= 0.3 is 5.69 Å². The Kier molecular flexibility index (Phi) is 7.41. The van der Waals surface area contributed by atoms with Gasteiger partial charge in [0.25, 0.3) is 5.91 Å². The SMILES string of the molecule is CC(C)(C)CC(C)(C)c1cc(Br)c(OCC(=O)N/N=C\c2ccco2)c([N+](=O)[O-])c1. The summed E-state index contributed by atoms with van der Waals surface area (Å²) in [6.07, 6.45) is 3.65. The van der Waals surface area contributed by atoms with Crippen LogP contribution >= 0.6 is 15.9 Å². The molecule has 1 aromatic heterocycles. The van der Waals surface area contributed by atoms with Crippen molar-refractivity contribution in [2.24, 2.45) is 10.5 Å². The van der Waals surface area contributed by atoms with Crippen molar-refractivity contribution in [3.63, 3.8) is 0 Å². The lowest BCUT2D eigenvalue weighted by molar-refractivity contribution is -0.386. The quantitative estimate of drug-likeness (QED) is 0.318. The highest BCUT2D eigenvalue weighted by molar-refractivity contribution is 9.10. The van der Waals surface area contributed by atoms with Crippen LogP contribution in [0.4, 0.5) is 5.69 Å². The third-order valence-electron chi connectivity index (χ3n) is 4.25. The van der Waals surface area contributed by atoms with Crippen LogP contribution in [0.25, 0.3) is 0 Å². The van der Waals surface area contributed by atoms with Gasteiger partial charge in [-0.2, -0.15) is 5.10 Å². The Bertz CT molecular complexity index is 931. The van der Waals surface area contributed by atoms with E-state index in [0.717, 1.165) is 12.0 Å². The molecule has 2 aromatic rings. The average molecular weight is 480 g/mol. The van der Waals surface area contributed by atoms with E-state index in [0.29, 0.717) is 10.2 Å². The number of rotatable bonds is 8. The second-order valence-corrected chi connectivity index (χ2v) is 9.64. The van der Waals surface area contributed by atoms with Crippen LogP contribution in [0.2, 0.25) is 0 Å². The Morgan fingerprint density at radius 2 is 2.03 bits per heavy atom. The van der Waals surface area contributed by atoms with Crippen molar-refractivity contribution in [2.45, 2.75) is 46.5 Å². The number of hydrogen-bond acceptors (Lipinski definition) is 6. The largest absolute Gasteiger partial charge is 0.476 e. The van der Waals surface area contributed by atoms with Gasteiger partial charge in [-0.05, 0) is 56.9 Å². The van der Waals surface area contributed by atoms with Crippen LogP contribution in [0.1, 0.15) is 52.4 Å². The summed E-state index contributed by atoms with van der Waals surface area (Å²) >= 11 is 3.36. The second-order valence-electron chi connectivity index (χ2n) is 8.78. The van der Waals surface area contributed by atoms with E-state index >= 15 is 0 Å². The zero-order valence-electron chi connectivity index (χ0n) is 17.7. The molecule has 0 spiro atoms. The van der Waals surface area contributed by atoms with E-state index in [1.165, 1.54) is 18.5 Å². The summed E-state index contributed by atoms with van der Waals surface area (Å²) in [5.74, 6) is -0.0836. The lowest BCUT2D eigenvalue weighted by Crippen LogP contribution is -2.26. The second kappa shape index (κ2) is 9.42. The number of carbonyl (C=O) groups excluding carboxylic acids is 1. The molecule has 0 unspecified atom stereocenters. The van der Waals surface area contributed by atoms with E-state index < -0.39 is 17.4 Å². The number of halogens is 1. The van der Waals surface area contributed by atoms with Crippen LogP contribution in [0.5, 0.6) is 5.75 Å². The maximum atomic E-state index is 12.0. The summed E-state index contributed by atoms with van der Waals surface area (Å²) in [6, 6.07) is 6.69. The molecule has 0 aliphatic rings. The highest BCUT2D eigenvalue weighted by Crippen LogP contribution is 2.43. The number of carbonyl (C=O) groups is 1. The van der Waals surface area contributed by atoms with Crippen molar-refractivity contribution in [3.8, 4) is 5.75 Å². The maximum absolute atomic E-state index is 12.0. The van der Waals surface area contributed by atoms with Gasteiger partial charge in [0.2, 0.25) is 5.75 Å². The minimum Gasteiger partial charge on any atom is -0.476 e. The fraction of sp³-hybridized carbons (Fsp3) is 0.429. The van der Waals surface area contributed by atoms with Gasteiger partial charge in [0.15, 0.2) is 6.61 Å². The molecular weight excluding hydrogens is 454 g/mol. The summed E-state index contributed by atoms with van der Waals surface area (Å²) in [7, 11) is 0. The standard InChI is InChI=1S/C21H26BrN3O5/c1-20(2,3)13-21(4,5)14-9-16(22)19(17(10-14)25(27)28)30-12-18(26)24-23-11-15-7-6-8-29-15/h6-11H,12-13H2,1-5H3,(H,24,26)/b23-11-. The zero-order valence-corrected chi connectivity index (χ0v) is 19.3. The minimum absolute atomic E-state index is 0.000438. The van der Waals surface area contributed by atoms with Crippen molar-refractivity contribution in [3.05, 3.63) is 56.4 Å². The van der Waals surface area contributed by atoms with Crippen molar-refractivity contribution < 1.29 is 18.9 Å². The molecular formula is C21H26BrN3O5. The van der Waals surface area contributed by atoms with E-state index in [1.807, 2.05) is 0 Å². The lowest BCUT2D eigenvalue weighted by atomic mass is 9.72. The molecule has 0 fully saturated rings. The molecule has 30 heavy (non-hydrogen) atoms. The van der Waals surface area contributed by atoms with Gasteiger partial charge in [0, 0.05) is 6.07 Å². The van der Waals surface area contributed by atoms with E-state index in [2.05, 4.69) is 61.1 Å². The molecule has 0 atom stereocenters. The van der Waals surface area contributed by atoms with Crippen LogP contribution in [-0.2, 0) is 10.2 Å². The van der Waals surface area contributed by atoms with Gasteiger partial charge in [-0.1, -0.05) is 34.6 Å². The summed E-state index contributed by atoms with van der Waals surface area (Å²) < 4.78 is 10.9. The van der Waals surface area contributed by atoms with Gasteiger partial charge in [-0.3, -0.25) is 14.9 Å². The summed E-state index contributed by atoms with van der Waals surface area (Å²) in [6.45, 7) is 10.1. The number of benzene rings is 1. The monoisotopic (exact) mass is 479 g/mol. The summed E-state index contributed by atoms with van der Waals surface area (Å²) in [5, 5.41) is 15.4. The Morgan fingerprint density at radius 3 is 2.60 bits per heavy atom. The average Bonchev–Trinajstić information content (AvgIpc) is 3.11. The highest BCUT2D eigenvalue weighted by atomic mass is 79.9. The van der Waals surface area contributed by atoms with E-state index in [4.69, 9.17) is 9.15 Å². The van der Waals surface area contributed by atoms with Crippen molar-refractivity contribution >= 4 is 33.7 Å². The molecule has 0 saturated heterocycles. The fourth-order valence-electron chi connectivity index (χ4n) is 3.38. The van der Waals surface area contributed by atoms with Crippen LogP contribution in [0.3, 0.4) is 0 Å². The first-order valence-corrected chi connectivity index (χ1v) is 10.1. The first kappa shape index (κ1) is 23.6. The van der Waals surface area contributed by atoms with Crippen molar-refractivity contribution in [1.82, 2.24) is 5.43 Å². The van der Waals surface area contributed by atoms with Gasteiger partial charge in [0.1, 0.15) is 5.76 Å². The van der Waals surface area contributed by atoms with Gasteiger partial charge in [-0.15, -0.1) is 0 Å². The normalized spacial score (nSPS) is 12.2. The lowest BCUT2D eigenvalue weighted by Gasteiger charge is -2.33. The van der Waals surface area contributed by atoms with Crippen molar-refractivity contribution in [1.29, 1.82) is 0 Å². The molecule has 0 aliphatic heterocycles. The molecule has 0 aliphatic carbocycles. The van der Waals surface area contributed by atoms with Gasteiger partial charge in [0.05, 0.1) is 21.9 Å². The number of furan rings is 1. The number of hydrogen-bond donors (Lipinski definition) is 1. The van der Waals surface area contributed by atoms with E-state index in [-0.39, 0.29) is 22.3 Å². The number of nitrogens with zero attached hydrogens (tertiary/aromatic N) is 2. The number of ether oxygens (including phenoxy) is 1. The number of nitro groups is 1. The summed E-state index contributed by atoms with van der Waals surface area (Å²) in [5.41, 5.74) is 2.66. The predicted molar refractivity (Wildman–Crippen MR) is 118 cm³/mol. The Morgan fingerprint density at radius 1 is 1.33 bits per heavy atom. The minimum atomic E-state index is -0.559. The molecule has 9 heteroatoms. The fourth-order valence-corrected chi connectivity index (χ4v) is 3.94. The Balaban J connectivity index is 2.15. The Labute approximate surface area is 184 Å². The highest BCUT2D eigenvalue weighted by Gasteiger charge is 2.31. The molecule has 8 nitrogen and oxygen atoms in total. The molecule has 1 N–H and O–H groups in total. The van der Waals surface area contributed by atoms with Gasteiger partial charge < -0.3 is 9.15 Å². The molecule has 1 aromatic carbocycles. The van der Waals surface area contributed by atoms with Crippen LogP contribution in [-0.4, -0.2) is 23.7 Å². The van der Waals surface area contributed by atoms with Crippen LogP contribution in [0.15, 0.2) is 44.5 Å². The molecule has 1 heterocycles. The number of nitro benzene ring substituents is 1. The zero-order chi connectivity index (χ0) is 22.5. The van der Waals surface area contributed by atoms with E-state index in [9.17, 15) is 14.9 Å². The maximum Gasteiger partial charge on any atom is 0.312 e.